The summed E-state index contributed by atoms with van der Waals surface area (Å²) in [7, 11) is 1.32. The highest BCUT2D eigenvalue weighted by Crippen LogP contribution is 2.20. The molecule has 0 aliphatic carbocycles. The Hall–Kier alpha value is -2.60. The number of aryl methyl sites for hydroxylation is 1. The van der Waals surface area contributed by atoms with Crippen LogP contribution in [0.25, 0.3) is 0 Å². The summed E-state index contributed by atoms with van der Waals surface area (Å²) in [5.74, 6) is -0.263. The summed E-state index contributed by atoms with van der Waals surface area (Å²) < 4.78 is 4.69. The van der Waals surface area contributed by atoms with Gasteiger partial charge in [-0.3, -0.25) is 5.41 Å². The second kappa shape index (κ2) is 6.44. The number of aliphatic imine (C=N–C) groups is 1. The van der Waals surface area contributed by atoms with Gasteiger partial charge in [-0.25, -0.2) is 9.79 Å². The summed E-state index contributed by atoms with van der Waals surface area (Å²) in [5.41, 5.74) is 8.27. The molecule has 0 saturated heterocycles. The maximum absolute atomic E-state index is 11.6. The van der Waals surface area contributed by atoms with Crippen LogP contribution in [0.4, 0.5) is 5.69 Å². The minimum atomic E-state index is -0.441. The fraction of sp³-hybridized carbons (Fsp3) is 0.133. The Bertz CT molecular complexity index is 735. The van der Waals surface area contributed by atoms with E-state index in [9.17, 15) is 4.79 Å². The second-order valence-corrected chi connectivity index (χ2v) is 4.98. The van der Waals surface area contributed by atoms with Crippen LogP contribution < -0.4 is 11.1 Å². The number of carbonyl (C=O) groups excluding carboxylic acids is 1. The van der Waals surface area contributed by atoms with Crippen LogP contribution in [0.1, 0.15) is 15.9 Å². The van der Waals surface area contributed by atoms with Crippen molar-refractivity contribution in [3.05, 3.63) is 53.0 Å². The minimum Gasteiger partial charge on any atom is -0.465 e. The van der Waals surface area contributed by atoms with Gasteiger partial charge < -0.3 is 15.8 Å². The van der Waals surface area contributed by atoms with Gasteiger partial charge in [0.25, 0.3) is 0 Å². The fourth-order valence-electron chi connectivity index (χ4n) is 1.85. The second-order valence-electron chi connectivity index (χ2n) is 4.59. The molecular weight excluding hydrogens is 304 g/mol. The Morgan fingerprint density at radius 3 is 2.82 bits per heavy atom. The van der Waals surface area contributed by atoms with Gasteiger partial charge in [-0.2, -0.15) is 0 Å². The number of esters is 1. The number of carbonyl (C=O) groups is 1. The van der Waals surface area contributed by atoms with E-state index in [4.69, 9.17) is 27.5 Å². The summed E-state index contributed by atoms with van der Waals surface area (Å²) >= 11 is 5.83. The molecule has 0 spiro atoms. The predicted octanol–water partition coefficient (Wildman–Crippen LogP) is 2.55. The van der Waals surface area contributed by atoms with E-state index in [1.165, 1.54) is 19.3 Å². The van der Waals surface area contributed by atoms with Gasteiger partial charge in [-0.1, -0.05) is 17.7 Å². The predicted molar refractivity (Wildman–Crippen MR) is 87.5 cm³/mol. The van der Waals surface area contributed by atoms with Crippen molar-refractivity contribution in [2.45, 2.75) is 6.92 Å². The summed E-state index contributed by atoms with van der Waals surface area (Å²) in [6, 6.07) is 5.06. The maximum atomic E-state index is 11.6. The van der Waals surface area contributed by atoms with Crippen molar-refractivity contribution < 1.29 is 9.53 Å². The van der Waals surface area contributed by atoms with Gasteiger partial charge >= 0.3 is 5.97 Å². The molecule has 0 radical (unpaired) electrons. The molecule has 0 unspecified atom stereocenters. The molecule has 1 aromatic rings. The quantitative estimate of drug-likeness (QED) is 0.745. The van der Waals surface area contributed by atoms with Crippen LogP contribution >= 0.6 is 11.6 Å². The Labute approximate surface area is 132 Å². The molecule has 1 aromatic carbocycles. The van der Waals surface area contributed by atoms with E-state index < -0.39 is 5.97 Å². The lowest BCUT2D eigenvalue weighted by Gasteiger charge is -2.14. The van der Waals surface area contributed by atoms with Crippen molar-refractivity contribution >= 4 is 34.1 Å². The average molecular weight is 319 g/mol. The highest BCUT2D eigenvalue weighted by Gasteiger charge is 2.14. The number of rotatable bonds is 3. The van der Waals surface area contributed by atoms with Gasteiger partial charge in [0.1, 0.15) is 16.7 Å². The summed E-state index contributed by atoms with van der Waals surface area (Å²) in [6.45, 7) is 1.86. The Kier molecular flexibility index (Phi) is 4.62. The number of halogens is 1. The number of nitrogens with one attached hydrogen (secondary N) is 2. The molecule has 0 aromatic heterocycles. The molecule has 0 amide bonds. The van der Waals surface area contributed by atoms with Gasteiger partial charge in [0.05, 0.1) is 18.4 Å². The first-order valence-corrected chi connectivity index (χ1v) is 6.77. The number of allylic oxidation sites excluding steroid dienone is 2. The highest BCUT2D eigenvalue weighted by molar-refractivity contribution is 6.69. The number of nitrogens with zero attached hydrogens (tertiary/aromatic N) is 1. The number of hydrogen-bond donors (Lipinski definition) is 3. The van der Waals surface area contributed by atoms with Crippen LogP contribution in [-0.2, 0) is 4.74 Å². The van der Waals surface area contributed by atoms with Crippen molar-refractivity contribution in [1.82, 2.24) is 0 Å². The molecule has 22 heavy (non-hydrogen) atoms. The SMILES string of the molecule is COC(=O)c1ccc(C)c(N/C(N)=C2\N=C(Cl)C=CC2=N)c1. The molecular formula is C15H15ClN4O2. The molecule has 114 valence electrons. The Morgan fingerprint density at radius 2 is 2.14 bits per heavy atom. The van der Waals surface area contributed by atoms with Crippen LogP contribution in [0.15, 0.2) is 46.9 Å². The van der Waals surface area contributed by atoms with Gasteiger partial charge in [-0.15, -0.1) is 0 Å². The molecule has 1 heterocycles. The van der Waals surface area contributed by atoms with Crippen molar-refractivity contribution in [3.63, 3.8) is 0 Å². The topological polar surface area (TPSA) is 101 Å². The summed E-state index contributed by atoms with van der Waals surface area (Å²) in [4.78, 5) is 15.6. The largest absolute Gasteiger partial charge is 0.465 e. The molecule has 7 heteroatoms. The number of benzene rings is 1. The summed E-state index contributed by atoms with van der Waals surface area (Å²) in [6.07, 6.45) is 3.03. The van der Waals surface area contributed by atoms with Gasteiger partial charge in [0, 0.05) is 5.69 Å². The van der Waals surface area contributed by atoms with Crippen LogP contribution in [0.5, 0.6) is 0 Å². The van der Waals surface area contributed by atoms with E-state index in [0.717, 1.165) is 5.56 Å². The summed E-state index contributed by atoms with van der Waals surface area (Å²) in [5, 5.41) is 11.0. The molecule has 0 bridgehead atoms. The number of anilines is 1. The number of ether oxygens (including phenoxy) is 1. The average Bonchev–Trinajstić information content (AvgIpc) is 2.50. The normalized spacial score (nSPS) is 16.1. The molecule has 2 rings (SSSR count). The maximum Gasteiger partial charge on any atom is 0.337 e. The first kappa shape index (κ1) is 15.8. The lowest BCUT2D eigenvalue weighted by molar-refractivity contribution is 0.0601. The van der Waals surface area contributed by atoms with Crippen molar-refractivity contribution in [1.29, 1.82) is 5.41 Å². The van der Waals surface area contributed by atoms with Crippen LogP contribution in [-0.4, -0.2) is 24.0 Å². The Morgan fingerprint density at radius 1 is 1.41 bits per heavy atom. The molecule has 4 N–H and O–H groups in total. The van der Waals surface area contributed by atoms with Gasteiger partial charge in [0.2, 0.25) is 0 Å². The lowest BCUT2D eigenvalue weighted by atomic mass is 10.1. The number of hydrogen-bond acceptors (Lipinski definition) is 6. The molecule has 0 atom stereocenters. The third kappa shape index (κ3) is 3.35. The molecule has 0 saturated carbocycles. The van der Waals surface area contributed by atoms with E-state index in [-0.39, 0.29) is 22.4 Å². The van der Waals surface area contributed by atoms with E-state index in [1.54, 1.807) is 18.2 Å². The zero-order valence-electron chi connectivity index (χ0n) is 12.1. The van der Waals surface area contributed by atoms with Crippen molar-refractivity contribution in [3.8, 4) is 0 Å². The van der Waals surface area contributed by atoms with Crippen LogP contribution in [0.3, 0.4) is 0 Å². The van der Waals surface area contributed by atoms with E-state index in [0.29, 0.717) is 11.3 Å². The Balaban J connectivity index is 2.36. The number of methoxy groups -OCH3 is 1. The smallest absolute Gasteiger partial charge is 0.337 e. The number of nitrogens with two attached hydrogens (primary N) is 1. The van der Waals surface area contributed by atoms with Crippen LogP contribution in [0.2, 0.25) is 0 Å². The highest BCUT2D eigenvalue weighted by atomic mass is 35.5. The zero-order valence-corrected chi connectivity index (χ0v) is 12.9. The molecule has 1 aliphatic rings. The first-order valence-electron chi connectivity index (χ1n) is 6.39. The molecule has 0 fully saturated rings. The number of dihydropyridines is 1. The standard InChI is InChI=1S/C15H15ClN4O2/c1-8-3-4-9(15(21)22-2)7-11(8)19-14(18)13-10(17)5-6-12(16)20-13/h3-7,17,19H,18H2,1-2H3/b14-13-,17-10?. The van der Waals surface area contributed by atoms with Crippen molar-refractivity contribution in [2.24, 2.45) is 10.7 Å². The molecule has 6 nitrogen and oxygen atoms in total. The zero-order chi connectivity index (χ0) is 16.3. The third-order valence-electron chi connectivity index (χ3n) is 3.04. The lowest BCUT2D eigenvalue weighted by Crippen LogP contribution is -2.18. The van der Waals surface area contributed by atoms with Crippen molar-refractivity contribution in [2.75, 3.05) is 12.4 Å². The van der Waals surface area contributed by atoms with E-state index in [2.05, 4.69) is 10.3 Å². The third-order valence-corrected chi connectivity index (χ3v) is 3.25. The first-order chi connectivity index (χ1) is 10.4. The van der Waals surface area contributed by atoms with Gasteiger partial charge in [-0.05, 0) is 36.8 Å². The van der Waals surface area contributed by atoms with E-state index >= 15 is 0 Å². The minimum absolute atomic E-state index is 0.149. The molecule has 1 aliphatic heterocycles. The van der Waals surface area contributed by atoms with Gasteiger partial charge in [0.15, 0.2) is 0 Å². The van der Waals surface area contributed by atoms with E-state index in [1.807, 2.05) is 6.92 Å². The monoisotopic (exact) mass is 318 g/mol. The fourth-order valence-corrected chi connectivity index (χ4v) is 1.99. The van der Waals surface area contributed by atoms with Crippen LogP contribution in [0, 0.1) is 12.3 Å².